The number of methoxy groups -OCH3 is 1. The summed E-state index contributed by atoms with van der Waals surface area (Å²) in [5.41, 5.74) is 2.18. The van der Waals surface area contributed by atoms with Crippen LogP contribution >= 0.6 is 0 Å². The molecule has 0 atom stereocenters. The van der Waals surface area contributed by atoms with E-state index in [0.717, 1.165) is 11.4 Å². The van der Waals surface area contributed by atoms with Gasteiger partial charge < -0.3 is 15.4 Å². The molecule has 0 aliphatic rings. The summed E-state index contributed by atoms with van der Waals surface area (Å²) in [4.78, 5) is 20.6. The lowest BCUT2D eigenvalue weighted by atomic mass is 10.2. The first-order valence-electron chi connectivity index (χ1n) is 7.77. The van der Waals surface area contributed by atoms with Crippen molar-refractivity contribution in [2.24, 2.45) is 0 Å². The van der Waals surface area contributed by atoms with Gasteiger partial charge in [0.15, 0.2) is 0 Å². The number of amides is 1. The van der Waals surface area contributed by atoms with Gasteiger partial charge in [-0.1, -0.05) is 18.2 Å². The van der Waals surface area contributed by atoms with Crippen LogP contribution in [-0.4, -0.2) is 23.0 Å². The van der Waals surface area contributed by atoms with Gasteiger partial charge in [-0.15, -0.1) is 0 Å². The van der Waals surface area contributed by atoms with Gasteiger partial charge in [0.25, 0.3) is 5.91 Å². The zero-order valence-corrected chi connectivity index (χ0v) is 14.0. The Labute approximate surface area is 145 Å². The molecular formula is C19H18N4O2. The third-order valence-electron chi connectivity index (χ3n) is 3.47. The number of hydrogen-bond acceptors (Lipinski definition) is 5. The highest BCUT2D eigenvalue weighted by Crippen LogP contribution is 2.20. The van der Waals surface area contributed by atoms with E-state index in [2.05, 4.69) is 20.6 Å². The van der Waals surface area contributed by atoms with Crippen LogP contribution in [0, 0.1) is 6.92 Å². The second kappa shape index (κ2) is 7.44. The Morgan fingerprint density at radius 2 is 1.64 bits per heavy atom. The van der Waals surface area contributed by atoms with Crippen LogP contribution in [0.1, 0.15) is 16.2 Å². The summed E-state index contributed by atoms with van der Waals surface area (Å²) >= 11 is 0. The number of hydrogen-bond donors (Lipinski definition) is 2. The number of rotatable bonds is 5. The number of carbonyl (C=O) groups excluding carboxylic acids is 1. The Hall–Kier alpha value is -3.41. The van der Waals surface area contributed by atoms with E-state index in [4.69, 9.17) is 4.74 Å². The van der Waals surface area contributed by atoms with Crippen molar-refractivity contribution in [3.8, 4) is 5.88 Å². The van der Waals surface area contributed by atoms with Crippen molar-refractivity contribution in [1.29, 1.82) is 0 Å². The molecule has 0 spiro atoms. The summed E-state index contributed by atoms with van der Waals surface area (Å²) in [6, 6.07) is 18.2. The van der Waals surface area contributed by atoms with Gasteiger partial charge in [0, 0.05) is 23.0 Å². The molecule has 0 bridgehead atoms. The number of aromatic nitrogens is 2. The largest absolute Gasteiger partial charge is 0.481 e. The zero-order chi connectivity index (χ0) is 17.6. The van der Waals surface area contributed by atoms with E-state index in [9.17, 15) is 4.79 Å². The maximum atomic E-state index is 12.1. The highest BCUT2D eigenvalue weighted by molar-refractivity contribution is 6.04. The van der Waals surface area contributed by atoms with Crippen molar-refractivity contribution in [3.63, 3.8) is 0 Å². The second-order valence-electron chi connectivity index (χ2n) is 5.37. The molecule has 0 aliphatic heterocycles. The number of nitrogens with one attached hydrogen (secondary N) is 2. The van der Waals surface area contributed by atoms with Gasteiger partial charge in [-0.2, -0.15) is 4.98 Å². The molecule has 0 radical (unpaired) electrons. The molecule has 3 aromatic rings. The van der Waals surface area contributed by atoms with Crippen LogP contribution in [0.15, 0.2) is 60.7 Å². The predicted molar refractivity (Wildman–Crippen MR) is 97.4 cm³/mol. The van der Waals surface area contributed by atoms with E-state index >= 15 is 0 Å². The summed E-state index contributed by atoms with van der Waals surface area (Å²) in [7, 11) is 1.57. The normalized spacial score (nSPS) is 10.2. The van der Waals surface area contributed by atoms with E-state index in [0.29, 0.717) is 23.1 Å². The van der Waals surface area contributed by atoms with Crippen molar-refractivity contribution in [2.75, 3.05) is 17.7 Å². The number of carbonyl (C=O) groups is 1. The van der Waals surface area contributed by atoms with Crippen molar-refractivity contribution >= 4 is 23.1 Å². The van der Waals surface area contributed by atoms with Gasteiger partial charge in [0.05, 0.1) is 7.11 Å². The van der Waals surface area contributed by atoms with Gasteiger partial charge in [0.2, 0.25) is 5.88 Å². The van der Waals surface area contributed by atoms with Crippen molar-refractivity contribution in [3.05, 3.63) is 72.1 Å². The molecule has 1 aromatic heterocycles. The summed E-state index contributed by atoms with van der Waals surface area (Å²) in [5, 5.41) is 6.05. The average molecular weight is 334 g/mol. The highest BCUT2D eigenvalue weighted by atomic mass is 16.5. The molecule has 126 valence electrons. The fraction of sp³-hybridized carbons (Fsp3) is 0.105. The standard InChI is InChI=1S/C19H18N4O2/c1-13-20-17(12-18(21-13)25-2)22-15-8-10-16(11-9-15)23-19(24)14-6-4-3-5-7-14/h3-12H,1-2H3,(H,23,24)(H,20,21,22). The van der Waals surface area contributed by atoms with Crippen LogP contribution in [-0.2, 0) is 0 Å². The summed E-state index contributed by atoms with van der Waals surface area (Å²) in [6.07, 6.45) is 0. The number of aryl methyl sites for hydroxylation is 1. The Balaban J connectivity index is 1.68. The van der Waals surface area contributed by atoms with Crippen LogP contribution in [0.4, 0.5) is 17.2 Å². The molecule has 0 fully saturated rings. The van der Waals surface area contributed by atoms with E-state index < -0.39 is 0 Å². The van der Waals surface area contributed by atoms with Crippen LogP contribution in [0.2, 0.25) is 0 Å². The lowest BCUT2D eigenvalue weighted by Crippen LogP contribution is -2.11. The van der Waals surface area contributed by atoms with Crippen LogP contribution in [0.5, 0.6) is 5.88 Å². The predicted octanol–water partition coefficient (Wildman–Crippen LogP) is 3.79. The summed E-state index contributed by atoms with van der Waals surface area (Å²) < 4.78 is 5.14. The van der Waals surface area contributed by atoms with E-state index in [1.54, 1.807) is 32.2 Å². The van der Waals surface area contributed by atoms with Crippen LogP contribution in [0.25, 0.3) is 0 Å². The topological polar surface area (TPSA) is 76.1 Å². The molecular weight excluding hydrogens is 316 g/mol. The average Bonchev–Trinajstić information content (AvgIpc) is 2.63. The van der Waals surface area contributed by atoms with Crippen LogP contribution in [0.3, 0.4) is 0 Å². The number of nitrogens with zero attached hydrogens (tertiary/aromatic N) is 2. The van der Waals surface area contributed by atoms with E-state index in [1.165, 1.54) is 0 Å². The van der Waals surface area contributed by atoms with Crippen LogP contribution < -0.4 is 15.4 Å². The zero-order valence-electron chi connectivity index (χ0n) is 14.0. The summed E-state index contributed by atoms with van der Waals surface area (Å²) in [6.45, 7) is 1.80. The number of ether oxygens (including phenoxy) is 1. The second-order valence-corrected chi connectivity index (χ2v) is 5.37. The fourth-order valence-corrected chi connectivity index (χ4v) is 2.29. The molecule has 3 rings (SSSR count). The van der Waals surface area contributed by atoms with Gasteiger partial charge in [-0.3, -0.25) is 4.79 Å². The Morgan fingerprint density at radius 1 is 0.960 bits per heavy atom. The molecule has 1 heterocycles. The van der Waals surface area contributed by atoms with E-state index in [1.807, 2.05) is 42.5 Å². The molecule has 0 aliphatic carbocycles. The molecule has 1 amide bonds. The molecule has 2 aromatic carbocycles. The Bertz CT molecular complexity index is 864. The minimum atomic E-state index is -0.141. The maximum Gasteiger partial charge on any atom is 0.255 e. The number of benzene rings is 2. The van der Waals surface area contributed by atoms with Crippen molar-refractivity contribution in [1.82, 2.24) is 9.97 Å². The molecule has 2 N–H and O–H groups in total. The fourth-order valence-electron chi connectivity index (χ4n) is 2.29. The molecule has 25 heavy (non-hydrogen) atoms. The lowest BCUT2D eigenvalue weighted by Gasteiger charge is -2.09. The van der Waals surface area contributed by atoms with Crippen molar-refractivity contribution < 1.29 is 9.53 Å². The van der Waals surface area contributed by atoms with Gasteiger partial charge in [-0.05, 0) is 43.3 Å². The van der Waals surface area contributed by atoms with Crippen molar-refractivity contribution in [2.45, 2.75) is 6.92 Å². The van der Waals surface area contributed by atoms with Gasteiger partial charge in [0.1, 0.15) is 11.6 Å². The molecule has 6 heteroatoms. The molecule has 0 unspecified atom stereocenters. The Morgan fingerprint density at radius 3 is 2.32 bits per heavy atom. The van der Waals surface area contributed by atoms with E-state index in [-0.39, 0.29) is 5.91 Å². The SMILES string of the molecule is COc1cc(Nc2ccc(NC(=O)c3ccccc3)cc2)nc(C)n1. The van der Waals surface area contributed by atoms with Gasteiger partial charge in [-0.25, -0.2) is 4.98 Å². The Kier molecular flexibility index (Phi) is 4.89. The minimum absolute atomic E-state index is 0.141. The lowest BCUT2D eigenvalue weighted by molar-refractivity contribution is 0.102. The molecule has 6 nitrogen and oxygen atoms in total. The first kappa shape index (κ1) is 16.4. The molecule has 0 saturated heterocycles. The quantitative estimate of drug-likeness (QED) is 0.742. The highest BCUT2D eigenvalue weighted by Gasteiger charge is 2.06. The first-order valence-corrected chi connectivity index (χ1v) is 7.77. The first-order chi connectivity index (χ1) is 12.1. The monoisotopic (exact) mass is 334 g/mol. The van der Waals surface area contributed by atoms with Gasteiger partial charge >= 0.3 is 0 Å². The minimum Gasteiger partial charge on any atom is -0.481 e. The number of anilines is 3. The summed E-state index contributed by atoms with van der Waals surface area (Å²) in [5.74, 6) is 1.62. The third kappa shape index (κ3) is 4.32. The third-order valence-corrected chi connectivity index (χ3v) is 3.47. The maximum absolute atomic E-state index is 12.1. The molecule has 0 saturated carbocycles. The smallest absolute Gasteiger partial charge is 0.255 e.